The summed E-state index contributed by atoms with van der Waals surface area (Å²) in [6.07, 6.45) is 2.28. The van der Waals surface area contributed by atoms with E-state index in [4.69, 9.17) is 0 Å². The van der Waals surface area contributed by atoms with E-state index >= 15 is 0 Å². The second-order valence-electron chi connectivity index (χ2n) is 2.33. The summed E-state index contributed by atoms with van der Waals surface area (Å²) in [4.78, 5) is 3.67. The second kappa shape index (κ2) is 2.49. The second-order valence-corrected chi connectivity index (χ2v) is 3.62. The average Bonchev–Trinajstić information content (AvgIpc) is 2.45. The fourth-order valence-corrected chi connectivity index (χ4v) is 1.50. The third-order valence-electron chi connectivity index (χ3n) is 1.50. The van der Waals surface area contributed by atoms with E-state index in [1.54, 1.807) is 6.07 Å². The number of imidazole rings is 1. The van der Waals surface area contributed by atoms with Gasteiger partial charge in [0, 0.05) is 6.20 Å². The number of aromatic nitrogens is 3. The molecule has 0 aliphatic rings. The molecule has 0 aliphatic heterocycles. The number of halogens is 1. The van der Waals surface area contributed by atoms with E-state index in [0.717, 1.165) is 10.7 Å². The van der Waals surface area contributed by atoms with Gasteiger partial charge in [0.2, 0.25) is 5.03 Å². The largest absolute Gasteiger partial charge is 0.351 e. The highest BCUT2D eigenvalue weighted by atomic mass is 32.3. The molecule has 0 aliphatic carbocycles. The predicted molar refractivity (Wildman–Crippen MR) is 41.3 cm³/mol. The summed E-state index contributed by atoms with van der Waals surface area (Å²) in [5.41, 5.74) is 0.290. The van der Waals surface area contributed by atoms with E-state index in [9.17, 15) is 12.3 Å². The van der Waals surface area contributed by atoms with Crippen molar-refractivity contribution in [2.24, 2.45) is 0 Å². The highest BCUT2D eigenvalue weighted by molar-refractivity contribution is 7.86. The van der Waals surface area contributed by atoms with Crippen LogP contribution in [0, 0.1) is 0 Å². The van der Waals surface area contributed by atoms with Crippen LogP contribution in [0.1, 0.15) is 0 Å². The Labute approximate surface area is 73.0 Å². The molecule has 0 saturated heterocycles. The summed E-state index contributed by atoms with van der Waals surface area (Å²) in [6.45, 7) is 0. The molecule has 0 aromatic carbocycles. The zero-order valence-corrected chi connectivity index (χ0v) is 7.07. The minimum Gasteiger partial charge on any atom is -0.234 e. The topological polar surface area (TPSA) is 64.3 Å². The highest BCUT2D eigenvalue weighted by Crippen LogP contribution is 2.12. The van der Waals surface area contributed by atoms with Gasteiger partial charge in [0.1, 0.15) is 0 Å². The van der Waals surface area contributed by atoms with Crippen LogP contribution < -0.4 is 0 Å². The number of nitrogens with zero attached hydrogens (tertiary/aromatic N) is 3. The zero-order chi connectivity index (χ0) is 9.47. The van der Waals surface area contributed by atoms with E-state index < -0.39 is 15.2 Å². The first-order chi connectivity index (χ1) is 6.09. The Morgan fingerprint density at radius 2 is 2.23 bits per heavy atom. The van der Waals surface area contributed by atoms with Gasteiger partial charge in [-0.1, -0.05) is 3.89 Å². The van der Waals surface area contributed by atoms with E-state index in [-0.39, 0.29) is 0 Å². The van der Waals surface area contributed by atoms with Crippen molar-refractivity contribution in [1.29, 1.82) is 0 Å². The van der Waals surface area contributed by atoms with Gasteiger partial charge in [-0.15, -0.1) is 0 Å². The Balaban J connectivity index is 2.87. The Morgan fingerprint density at radius 1 is 1.46 bits per heavy atom. The maximum absolute atomic E-state index is 12.6. The van der Waals surface area contributed by atoms with Crippen LogP contribution in [0.4, 0.5) is 3.89 Å². The van der Waals surface area contributed by atoms with Crippen LogP contribution >= 0.6 is 0 Å². The molecule has 2 rings (SSSR count). The number of rotatable bonds is 1. The summed E-state index contributed by atoms with van der Waals surface area (Å²) in [6, 6.07) is 3.11. The molecule has 0 spiro atoms. The van der Waals surface area contributed by atoms with Crippen molar-refractivity contribution in [3.63, 3.8) is 0 Å². The molecule has 2 aromatic rings. The van der Waals surface area contributed by atoms with E-state index in [1.165, 1.54) is 12.3 Å². The van der Waals surface area contributed by atoms with Crippen LogP contribution in [0.5, 0.6) is 0 Å². The van der Waals surface area contributed by atoms with Crippen molar-refractivity contribution in [2.75, 3.05) is 0 Å². The summed E-state index contributed by atoms with van der Waals surface area (Å²) in [7, 11) is -4.75. The minimum atomic E-state index is -4.75. The van der Waals surface area contributed by atoms with Crippen LogP contribution in [0.25, 0.3) is 5.65 Å². The lowest BCUT2D eigenvalue weighted by molar-refractivity contribution is 0.543. The smallest absolute Gasteiger partial charge is 0.234 e. The predicted octanol–water partition coefficient (Wildman–Crippen LogP) is 0.387. The third kappa shape index (κ3) is 1.26. The maximum atomic E-state index is 12.6. The monoisotopic (exact) mass is 201 g/mol. The zero-order valence-electron chi connectivity index (χ0n) is 6.25. The van der Waals surface area contributed by atoms with Crippen molar-refractivity contribution >= 4 is 15.9 Å². The summed E-state index contributed by atoms with van der Waals surface area (Å²) in [5.74, 6) is 0. The number of fused-ring (bicyclic) bond motifs is 1. The molecule has 0 fully saturated rings. The lowest BCUT2D eigenvalue weighted by atomic mass is 10.6. The quantitative estimate of drug-likeness (QED) is 0.626. The molecule has 0 radical (unpaired) electrons. The standard InChI is InChI=1S/C6H4FN3O2S/c7-13(11,12)6-4-8-5-2-1-3-9-10(5)6/h1-4H. The normalized spacial score (nSPS) is 12.1. The fourth-order valence-electron chi connectivity index (χ4n) is 0.974. The lowest BCUT2D eigenvalue weighted by Crippen LogP contribution is -2.00. The molecule has 5 nitrogen and oxygen atoms in total. The van der Waals surface area contributed by atoms with Crippen molar-refractivity contribution in [1.82, 2.24) is 14.6 Å². The summed E-state index contributed by atoms with van der Waals surface area (Å²) in [5, 5.41) is 3.09. The Bertz CT molecular complexity index is 548. The van der Waals surface area contributed by atoms with E-state index in [1.807, 2.05) is 0 Å². The molecule has 13 heavy (non-hydrogen) atoms. The van der Waals surface area contributed by atoms with Gasteiger partial charge in [-0.3, -0.25) is 0 Å². The van der Waals surface area contributed by atoms with E-state index in [2.05, 4.69) is 10.1 Å². The van der Waals surface area contributed by atoms with Crippen molar-refractivity contribution in [2.45, 2.75) is 5.03 Å². The number of hydrogen-bond acceptors (Lipinski definition) is 4. The Hall–Kier alpha value is -1.50. The molecule has 7 heteroatoms. The molecule has 0 bridgehead atoms. The van der Waals surface area contributed by atoms with Gasteiger partial charge in [-0.2, -0.15) is 18.0 Å². The molecule has 0 N–H and O–H groups in total. The first-order valence-corrected chi connectivity index (χ1v) is 4.71. The molecule has 0 unspecified atom stereocenters. The molecule has 68 valence electrons. The average molecular weight is 201 g/mol. The first kappa shape index (κ1) is 8.11. The van der Waals surface area contributed by atoms with Crippen LogP contribution in [0.3, 0.4) is 0 Å². The van der Waals surface area contributed by atoms with Crippen molar-refractivity contribution in [3.8, 4) is 0 Å². The Kier molecular flexibility index (Phi) is 1.56. The minimum absolute atomic E-state index is 0.290. The summed E-state index contributed by atoms with van der Waals surface area (Å²) < 4.78 is 34.6. The van der Waals surface area contributed by atoms with Crippen molar-refractivity contribution < 1.29 is 12.3 Å². The summed E-state index contributed by atoms with van der Waals surface area (Å²) >= 11 is 0. The Morgan fingerprint density at radius 3 is 2.92 bits per heavy atom. The SMILES string of the molecule is O=S(=O)(F)c1cnc2cccnn12. The van der Waals surface area contributed by atoms with Crippen LogP contribution in [-0.2, 0) is 10.2 Å². The molecule has 2 heterocycles. The van der Waals surface area contributed by atoms with Gasteiger partial charge in [-0.05, 0) is 12.1 Å². The van der Waals surface area contributed by atoms with Gasteiger partial charge in [0.15, 0.2) is 5.65 Å². The van der Waals surface area contributed by atoms with Crippen molar-refractivity contribution in [3.05, 3.63) is 24.5 Å². The van der Waals surface area contributed by atoms with Crippen LogP contribution in [0.15, 0.2) is 29.6 Å². The number of hydrogen-bond donors (Lipinski definition) is 0. The molecule has 2 aromatic heterocycles. The van der Waals surface area contributed by atoms with Gasteiger partial charge < -0.3 is 0 Å². The van der Waals surface area contributed by atoms with Gasteiger partial charge in [0.05, 0.1) is 6.20 Å². The molecular weight excluding hydrogens is 197 g/mol. The molecule has 0 atom stereocenters. The highest BCUT2D eigenvalue weighted by Gasteiger charge is 2.18. The fraction of sp³-hybridized carbons (Fsp3) is 0. The van der Waals surface area contributed by atoms with Crippen LogP contribution in [0.2, 0.25) is 0 Å². The van der Waals surface area contributed by atoms with Crippen LogP contribution in [-0.4, -0.2) is 23.0 Å². The molecular formula is C6H4FN3O2S. The molecule has 0 saturated carbocycles. The van der Waals surface area contributed by atoms with Gasteiger partial charge in [0.25, 0.3) is 0 Å². The third-order valence-corrected chi connectivity index (χ3v) is 2.27. The lowest BCUT2D eigenvalue weighted by Gasteiger charge is -1.92. The maximum Gasteiger partial charge on any atom is 0.351 e. The van der Waals surface area contributed by atoms with Gasteiger partial charge >= 0.3 is 10.2 Å². The molecule has 0 amide bonds. The van der Waals surface area contributed by atoms with Gasteiger partial charge in [-0.25, -0.2) is 4.98 Å². The first-order valence-electron chi connectivity index (χ1n) is 3.32. The van der Waals surface area contributed by atoms with E-state index in [0.29, 0.717) is 5.65 Å².